The second kappa shape index (κ2) is 7.74. The van der Waals surface area contributed by atoms with Crippen molar-refractivity contribution < 1.29 is 14.0 Å². The average molecular weight is 380 g/mol. The lowest BCUT2D eigenvalue weighted by Gasteiger charge is -2.32. The van der Waals surface area contributed by atoms with Gasteiger partial charge in [-0.1, -0.05) is 30.3 Å². The minimum atomic E-state index is -0.248. The molecule has 0 spiro atoms. The topological polar surface area (TPSA) is 49.4 Å². The number of amides is 2. The first-order chi connectivity index (χ1) is 13.5. The molecule has 28 heavy (non-hydrogen) atoms. The summed E-state index contributed by atoms with van der Waals surface area (Å²) in [4.78, 5) is 27.2. The van der Waals surface area contributed by atoms with Gasteiger partial charge in [-0.2, -0.15) is 0 Å². The Morgan fingerprint density at radius 2 is 1.71 bits per heavy atom. The van der Waals surface area contributed by atoms with Gasteiger partial charge in [-0.15, -0.1) is 0 Å². The average Bonchev–Trinajstić information content (AvgIpc) is 3.50. The van der Waals surface area contributed by atoms with Gasteiger partial charge >= 0.3 is 0 Å². The van der Waals surface area contributed by atoms with Gasteiger partial charge in [-0.05, 0) is 61.4 Å². The SMILES string of the molecule is Cc1ccccc1C(=O)NC1CCN(C(=O)C2CC2c2ccc(F)cc2)CC1. The van der Waals surface area contributed by atoms with E-state index in [4.69, 9.17) is 0 Å². The molecule has 146 valence electrons. The minimum absolute atomic E-state index is 0.0172. The Balaban J connectivity index is 1.27. The Kier molecular flexibility index (Phi) is 5.16. The monoisotopic (exact) mass is 380 g/mol. The Labute approximate surface area is 164 Å². The normalized spacial score (nSPS) is 22.0. The highest BCUT2D eigenvalue weighted by atomic mass is 19.1. The number of carbonyl (C=O) groups is 2. The molecule has 1 aliphatic carbocycles. The molecule has 1 aliphatic heterocycles. The van der Waals surface area contributed by atoms with E-state index >= 15 is 0 Å². The number of hydrogen-bond donors (Lipinski definition) is 1. The van der Waals surface area contributed by atoms with Crippen molar-refractivity contribution in [3.05, 3.63) is 71.0 Å². The summed E-state index contributed by atoms with van der Waals surface area (Å²) in [7, 11) is 0. The van der Waals surface area contributed by atoms with Crippen LogP contribution in [0.3, 0.4) is 0 Å². The van der Waals surface area contributed by atoms with Crippen molar-refractivity contribution in [2.75, 3.05) is 13.1 Å². The standard InChI is InChI=1S/C23H25FN2O2/c1-15-4-2-3-5-19(15)22(27)25-18-10-12-26(13-11-18)23(28)21-14-20(21)16-6-8-17(24)9-7-16/h2-9,18,20-21H,10-14H2,1H3,(H,25,27). The van der Waals surface area contributed by atoms with Crippen LogP contribution in [0.25, 0.3) is 0 Å². The van der Waals surface area contributed by atoms with Crippen LogP contribution >= 0.6 is 0 Å². The molecule has 4 rings (SSSR count). The van der Waals surface area contributed by atoms with E-state index in [2.05, 4.69) is 5.32 Å². The summed E-state index contributed by atoms with van der Waals surface area (Å²) in [5.41, 5.74) is 2.72. The molecule has 1 saturated heterocycles. The van der Waals surface area contributed by atoms with Crippen molar-refractivity contribution in [2.45, 2.75) is 38.1 Å². The molecule has 1 saturated carbocycles. The molecule has 2 atom stereocenters. The number of benzene rings is 2. The molecule has 5 heteroatoms. The molecule has 0 radical (unpaired) electrons. The summed E-state index contributed by atoms with van der Waals surface area (Å²) < 4.78 is 13.1. The first-order valence-corrected chi connectivity index (χ1v) is 9.93. The molecule has 0 bridgehead atoms. The Morgan fingerprint density at radius 1 is 1.04 bits per heavy atom. The summed E-state index contributed by atoms with van der Waals surface area (Å²) in [6, 6.07) is 14.1. The van der Waals surface area contributed by atoms with Crippen molar-refractivity contribution >= 4 is 11.8 Å². The van der Waals surface area contributed by atoms with Gasteiger partial charge in [0, 0.05) is 30.6 Å². The van der Waals surface area contributed by atoms with Crippen molar-refractivity contribution in [1.29, 1.82) is 0 Å². The summed E-state index contributed by atoms with van der Waals surface area (Å²) in [6.07, 6.45) is 2.39. The van der Waals surface area contributed by atoms with E-state index < -0.39 is 0 Å². The highest BCUT2D eigenvalue weighted by molar-refractivity contribution is 5.95. The van der Waals surface area contributed by atoms with Gasteiger partial charge in [0.15, 0.2) is 0 Å². The van der Waals surface area contributed by atoms with Crippen molar-refractivity contribution in [3.8, 4) is 0 Å². The van der Waals surface area contributed by atoms with E-state index in [9.17, 15) is 14.0 Å². The van der Waals surface area contributed by atoms with Crippen LogP contribution in [0.15, 0.2) is 48.5 Å². The van der Waals surface area contributed by atoms with Crippen LogP contribution in [0.2, 0.25) is 0 Å². The minimum Gasteiger partial charge on any atom is -0.349 e. The maximum atomic E-state index is 13.1. The van der Waals surface area contributed by atoms with Crippen LogP contribution in [-0.2, 0) is 4.79 Å². The lowest BCUT2D eigenvalue weighted by molar-refractivity contribution is -0.133. The number of aryl methyl sites for hydroxylation is 1. The zero-order chi connectivity index (χ0) is 19.7. The summed E-state index contributed by atoms with van der Waals surface area (Å²) in [6.45, 7) is 3.28. The van der Waals surface area contributed by atoms with E-state index in [0.717, 1.165) is 30.4 Å². The van der Waals surface area contributed by atoms with E-state index in [-0.39, 0.29) is 35.5 Å². The number of nitrogens with zero attached hydrogens (tertiary/aromatic N) is 1. The van der Waals surface area contributed by atoms with Gasteiger partial charge in [-0.3, -0.25) is 9.59 Å². The molecule has 2 aromatic carbocycles. The van der Waals surface area contributed by atoms with Gasteiger partial charge < -0.3 is 10.2 Å². The second-order valence-corrected chi connectivity index (χ2v) is 7.89. The van der Waals surface area contributed by atoms with Crippen LogP contribution in [0, 0.1) is 18.7 Å². The molecule has 1 N–H and O–H groups in total. The first kappa shape index (κ1) is 18.7. The molecule has 4 nitrogen and oxygen atoms in total. The molecule has 2 unspecified atom stereocenters. The highest BCUT2D eigenvalue weighted by Gasteiger charge is 2.46. The molecular formula is C23H25FN2O2. The maximum Gasteiger partial charge on any atom is 0.251 e. The predicted molar refractivity (Wildman–Crippen MR) is 105 cm³/mol. The fourth-order valence-corrected chi connectivity index (χ4v) is 4.12. The lowest BCUT2D eigenvalue weighted by atomic mass is 10.0. The van der Waals surface area contributed by atoms with Crippen LogP contribution < -0.4 is 5.32 Å². The summed E-state index contributed by atoms with van der Waals surface area (Å²) >= 11 is 0. The zero-order valence-corrected chi connectivity index (χ0v) is 16.0. The number of hydrogen-bond acceptors (Lipinski definition) is 2. The number of nitrogens with one attached hydrogen (secondary N) is 1. The lowest BCUT2D eigenvalue weighted by Crippen LogP contribution is -2.47. The number of carbonyl (C=O) groups excluding carboxylic acids is 2. The first-order valence-electron chi connectivity index (χ1n) is 9.93. The van der Waals surface area contributed by atoms with E-state index in [0.29, 0.717) is 18.7 Å². The third-order valence-corrected chi connectivity index (χ3v) is 5.94. The quantitative estimate of drug-likeness (QED) is 0.880. The fourth-order valence-electron chi connectivity index (χ4n) is 4.12. The number of rotatable bonds is 4. The molecule has 2 amide bonds. The van der Waals surface area contributed by atoms with Gasteiger partial charge in [-0.25, -0.2) is 4.39 Å². The summed E-state index contributed by atoms with van der Waals surface area (Å²) in [5.74, 6) is 0.136. The Bertz CT molecular complexity index is 872. The predicted octanol–water partition coefficient (Wildman–Crippen LogP) is 3.66. The number of likely N-dealkylation sites (tertiary alicyclic amines) is 1. The third-order valence-electron chi connectivity index (χ3n) is 5.94. The number of halogens is 1. The smallest absolute Gasteiger partial charge is 0.251 e. The maximum absolute atomic E-state index is 13.1. The second-order valence-electron chi connectivity index (χ2n) is 7.89. The molecule has 0 aromatic heterocycles. The van der Waals surface area contributed by atoms with Crippen molar-refractivity contribution in [3.63, 3.8) is 0 Å². The van der Waals surface area contributed by atoms with Crippen LogP contribution in [0.4, 0.5) is 4.39 Å². The number of piperidine rings is 1. The van der Waals surface area contributed by atoms with Crippen molar-refractivity contribution in [2.24, 2.45) is 5.92 Å². The third kappa shape index (κ3) is 3.93. The van der Waals surface area contributed by atoms with E-state index in [1.165, 1.54) is 12.1 Å². The molecule has 2 aliphatic rings. The van der Waals surface area contributed by atoms with Gasteiger partial charge in [0.25, 0.3) is 5.91 Å². The molecule has 1 heterocycles. The van der Waals surface area contributed by atoms with Gasteiger partial charge in [0.2, 0.25) is 5.91 Å². The van der Waals surface area contributed by atoms with E-state index in [1.54, 1.807) is 12.1 Å². The van der Waals surface area contributed by atoms with Crippen LogP contribution in [-0.4, -0.2) is 35.8 Å². The Morgan fingerprint density at radius 3 is 2.39 bits per heavy atom. The van der Waals surface area contributed by atoms with Gasteiger partial charge in [0.1, 0.15) is 5.82 Å². The fraction of sp³-hybridized carbons (Fsp3) is 0.391. The summed E-state index contributed by atoms with van der Waals surface area (Å²) in [5, 5.41) is 3.11. The Hall–Kier alpha value is -2.69. The van der Waals surface area contributed by atoms with Gasteiger partial charge in [0.05, 0.1) is 0 Å². The molecular weight excluding hydrogens is 355 g/mol. The molecule has 2 fully saturated rings. The largest absolute Gasteiger partial charge is 0.349 e. The zero-order valence-electron chi connectivity index (χ0n) is 16.0. The van der Waals surface area contributed by atoms with Crippen molar-refractivity contribution in [1.82, 2.24) is 10.2 Å². The van der Waals surface area contributed by atoms with Crippen LogP contribution in [0.1, 0.15) is 46.7 Å². The van der Waals surface area contributed by atoms with Crippen LogP contribution in [0.5, 0.6) is 0 Å². The van der Waals surface area contributed by atoms with E-state index in [1.807, 2.05) is 36.1 Å². The molecule has 2 aromatic rings. The highest BCUT2D eigenvalue weighted by Crippen LogP contribution is 2.48.